The summed E-state index contributed by atoms with van der Waals surface area (Å²) in [5.74, 6) is 0.706. The minimum atomic E-state index is -0.232. The predicted octanol–water partition coefficient (Wildman–Crippen LogP) is 1.99. The molecule has 1 aliphatic carbocycles. The van der Waals surface area contributed by atoms with Crippen LogP contribution in [-0.4, -0.2) is 49.0 Å². The fraction of sp³-hybridized carbons (Fsp3) is 0.409. The number of nitrogens with zero attached hydrogens (tertiary/aromatic N) is 4. The molecule has 0 saturated carbocycles. The van der Waals surface area contributed by atoms with Crippen LogP contribution in [-0.2, 0) is 23.1 Å². The highest BCUT2D eigenvalue weighted by Crippen LogP contribution is 2.43. The van der Waals surface area contributed by atoms with Crippen molar-refractivity contribution in [2.24, 2.45) is 0 Å². The normalized spacial score (nSPS) is 20.5. The molecule has 3 aromatic heterocycles. The monoisotopic (exact) mass is 404 g/mol. The second-order valence-corrected chi connectivity index (χ2v) is 8.29. The lowest BCUT2D eigenvalue weighted by Gasteiger charge is -2.40. The summed E-state index contributed by atoms with van der Waals surface area (Å²) in [5.41, 5.74) is 3.18. The number of nitrogens with one attached hydrogen (secondary N) is 2. The topological polar surface area (TPSA) is 108 Å². The van der Waals surface area contributed by atoms with Gasteiger partial charge in [-0.15, -0.1) is 0 Å². The molecule has 0 radical (unpaired) electrons. The first-order valence-electron chi connectivity index (χ1n) is 10.4. The molecule has 30 heavy (non-hydrogen) atoms. The van der Waals surface area contributed by atoms with Gasteiger partial charge in [0, 0.05) is 54.6 Å². The molecule has 8 nitrogen and oxygen atoms in total. The van der Waals surface area contributed by atoms with Gasteiger partial charge in [-0.3, -0.25) is 19.7 Å². The van der Waals surface area contributed by atoms with E-state index >= 15 is 0 Å². The van der Waals surface area contributed by atoms with Gasteiger partial charge in [-0.1, -0.05) is 0 Å². The van der Waals surface area contributed by atoms with Crippen molar-refractivity contribution in [2.75, 3.05) is 13.1 Å². The molecule has 1 fully saturated rings. The second-order valence-electron chi connectivity index (χ2n) is 8.29. The van der Waals surface area contributed by atoms with E-state index in [1.807, 2.05) is 23.2 Å². The highest BCUT2D eigenvalue weighted by atomic mass is 16.2. The molecule has 1 unspecified atom stereocenters. The van der Waals surface area contributed by atoms with Crippen molar-refractivity contribution in [1.29, 1.82) is 0 Å². The van der Waals surface area contributed by atoms with Crippen molar-refractivity contribution < 1.29 is 4.79 Å². The number of hydrogen-bond donors (Lipinski definition) is 2. The lowest BCUT2D eigenvalue weighted by molar-refractivity contribution is -0.133. The fourth-order valence-electron chi connectivity index (χ4n) is 4.86. The lowest BCUT2D eigenvalue weighted by Crippen LogP contribution is -2.48. The molecular weight excluding hydrogens is 380 g/mol. The van der Waals surface area contributed by atoms with Gasteiger partial charge < -0.3 is 9.88 Å². The van der Waals surface area contributed by atoms with Crippen molar-refractivity contribution in [3.8, 4) is 11.4 Å². The van der Waals surface area contributed by atoms with Gasteiger partial charge in [0.25, 0.3) is 5.56 Å². The smallest absolute Gasteiger partial charge is 0.254 e. The first kappa shape index (κ1) is 18.7. The number of carbonyl (C=O) groups excluding carboxylic acids is 1. The number of aromatic nitrogens is 5. The number of carbonyl (C=O) groups is 1. The number of H-pyrrole nitrogens is 2. The van der Waals surface area contributed by atoms with Crippen molar-refractivity contribution in [3.05, 3.63) is 64.1 Å². The number of hydrogen-bond acceptors (Lipinski definition) is 5. The first-order valence-corrected chi connectivity index (χ1v) is 10.4. The Hall–Kier alpha value is -3.29. The van der Waals surface area contributed by atoms with E-state index in [9.17, 15) is 9.59 Å². The molecule has 1 aliphatic heterocycles. The van der Waals surface area contributed by atoms with E-state index in [1.54, 1.807) is 18.6 Å². The van der Waals surface area contributed by atoms with Gasteiger partial charge in [0.1, 0.15) is 5.82 Å². The largest absolute Gasteiger partial charge is 0.342 e. The molecule has 4 heterocycles. The van der Waals surface area contributed by atoms with E-state index in [0.29, 0.717) is 31.6 Å². The Labute approximate surface area is 173 Å². The van der Waals surface area contributed by atoms with Gasteiger partial charge in [0.15, 0.2) is 0 Å². The molecule has 1 amide bonds. The SMILES string of the molecule is O=C(CCc1cn[nH]c1)N1CCCC2(CCc3c2nc(-c2cccnc2)[nH]c3=O)C1. The number of amides is 1. The van der Waals surface area contributed by atoms with E-state index in [2.05, 4.69) is 20.2 Å². The summed E-state index contributed by atoms with van der Waals surface area (Å²) in [6, 6.07) is 3.73. The van der Waals surface area contributed by atoms with E-state index in [1.165, 1.54) is 0 Å². The summed E-state index contributed by atoms with van der Waals surface area (Å²) in [7, 11) is 0. The zero-order valence-electron chi connectivity index (χ0n) is 16.7. The highest BCUT2D eigenvalue weighted by molar-refractivity contribution is 5.76. The van der Waals surface area contributed by atoms with Crippen molar-refractivity contribution in [2.45, 2.75) is 43.9 Å². The fourth-order valence-corrected chi connectivity index (χ4v) is 4.86. The maximum Gasteiger partial charge on any atom is 0.254 e. The Kier molecular flexibility index (Phi) is 4.69. The summed E-state index contributed by atoms with van der Waals surface area (Å²) < 4.78 is 0. The van der Waals surface area contributed by atoms with Crippen LogP contribution in [0.4, 0.5) is 0 Å². The van der Waals surface area contributed by atoms with Gasteiger partial charge in [-0.25, -0.2) is 4.98 Å². The van der Waals surface area contributed by atoms with Crippen molar-refractivity contribution in [3.63, 3.8) is 0 Å². The summed E-state index contributed by atoms with van der Waals surface area (Å²) >= 11 is 0. The van der Waals surface area contributed by atoms with Gasteiger partial charge in [0.05, 0.1) is 11.9 Å². The van der Waals surface area contributed by atoms with Gasteiger partial charge in [-0.2, -0.15) is 5.10 Å². The van der Waals surface area contributed by atoms with Crippen LogP contribution < -0.4 is 5.56 Å². The van der Waals surface area contributed by atoms with E-state index in [0.717, 1.165) is 48.2 Å². The predicted molar refractivity (Wildman–Crippen MR) is 111 cm³/mol. The Morgan fingerprint density at radius 2 is 2.20 bits per heavy atom. The molecule has 1 spiro atoms. The maximum absolute atomic E-state index is 12.9. The Bertz CT molecular complexity index is 1110. The van der Waals surface area contributed by atoms with Gasteiger partial charge in [0.2, 0.25) is 5.91 Å². The minimum absolute atomic E-state index is 0.0702. The highest BCUT2D eigenvalue weighted by Gasteiger charge is 2.45. The summed E-state index contributed by atoms with van der Waals surface area (Å²) in [4.78, 5) is 39.6. The van der Waals surface area contributed by atoms with E-state index in [-0.39, 0.29) is 16.9 Å². The third-order valence-electron chi connectivity index (χ3n) is 6.42. The van der Waals surface area contributed by atoms with Crippen LogP contribution in [0, 0.1) is 0 Å². The second kappa shape index (κ2) is 7.51. The maximum atomic E-state index is 12.9. The van der Waals surface area contributed by atoms with Gasteiger partial charge >= 0.3 is 0 Å². The molecule has 154 valence electrons. The standard InChI is InChI=1S/C22H24N6O2/c29-18(5-4-15-11-24-25-12-15)28-10-2-7-22(14-28)8-6-17-19(22)26-20(27-21(17)30)16-3-1-9-23-13-16/h1,3,9,11-13H,2,4-8,10,14H2,(H,24,25)(H,26,27,30). The first-order chi connectivity index (χ1) is 14.6. The van der Waals surface area contributed by atoms with E-state index < -0.39 is 0 Å². The lowest BCUT2D eigenvalue weighted by atomic mass is 9.77. The van der Waals surface area contributed by atoms with Crippen molar-refractivity contribution >= 4 is 5.91 Å². The average molecular weight is 404 g/mol. The molecule has 8 heteroatoms. The quantitative estimate of drug-likeness (QED) is 0.691. The van der Waals surface area contributed by atoms with Crippen LogP contribution >= 0.6 is 0 Å². The van der Waals surface area contributed by atoms with Crippen LogP contribution in [0.3, 0.4) is 0 Å². The Balaban J connectivity index is 1.41. The molecule has 0 bridgehead atoms. The van der Waals surface area contributed by atoms with Crippen LogP contribution in [0.2, 0.25) is 0 Å². The number of piperidine rings is 1. The molecule has 2 N–H and O–H groups in total. The summed E-state index contributed by atoms with van der Waals surface area (Å²) in [6.07, 6.45) is 11.6. The number of likely N-dealkylation sites (tertiary alicyclic amines) is 1. The molecule has 1 atom stereocenters. The van der Waals surface area contributed by atoms with Crippen LogP contribution in [0.5, 0.6) is 0 Å². The number of aromatic amines is 2. The Morgan fingerprint density at radius 1 is 1.27 bits per heavy atom. The van der Waals surface area contributed by atoms with Crippen LogP contribution in [0.15, 0.2) is 41.7 Å². The number of aryl methyl sites for hydroxylation is 1. The van der Waals surface area contributed by atoms with E-state index in [4.69, 9.17) is 4.98 Å². The molecule has 1 saturated heterocycles. The third-order valence-corrected chi connectivity index (χ3v) is 6.42. The molecule has 2 aliphatic rings. The minimum Gasteiger partial charge on any atom is -0.342 e. The summed E-state index contributed by atoms with van der Waals surface area (Å²) in [6.45, 7) is 1.40. The molecule has 3 aromatic rings. The van der Waals surface area contributed by atoms with Gasteiger partial charge in [-0.05, 0) is 49.8 Å². The molecule has 0 aromatic carbocycles. The Morgan fingerprint density at radius 3 is 3.00 bits per heavy atom. The molecular formula is C22H24N6O2. The average Bonchev–Trinajstić information content (AvgIpc) is 3.42. The molecule has 5 rings (SSSR count). The van der Waals surface area contributed by atoms with Crippen LogP contribution in [0.25, 0.3) is 11.4 Å². The zero-order valence-corrected chi connectivity index (χ0v) is 16.7. The number of fused-ring (bicyclic) bond motifs is 2. The third kappa shape index (κ3) is 3.32. The zero-order chi connectivity index (χ0) is 20.6. The number of pyridine rings is 1. The van der Waals surface area contributed by atoms with Crippen molar-refractivity contribution in [1.82, 2.24) is 30.0 Å². The van der Waals surface area contributed by atoms with Crippen LogP contribution in [0.1, 0.15) is 42.5 Å². The summed E-state index contributed by atoms with van der Waals surface area (Å²) in [5, 5.41) is 6.73. The number of rotatable bonds is 4.